The van der Waals surface area contributed by atoms with Gasteiger partial charge in [0.05, 0.1) is 11.2 Å². The van der Waals surface area contributed by atoms with E-state index in [2.05, 4.69) is 15.6 Å². The van der Waals surface area contributed by atoms with Crippen molar-refractivity contribution in [3.8, 4) is 0 Å². The van der Waals surface area contributed by atoms with Gasteiger partial charge < -0.3 is 20.1 Å². The van der Waals surface area contributed by atoms with E-state index in [0.29, 0.717) is 18.2 Å². The van der Waals surface area contributed by atoms with Gasteiger partial charge in [-0.15, -0.1) is 0 Å². The molecule has 1 amide bonds. The predicted molar refractivity (Wildman–Crippen MR) is 86.3 cm³/mol. The Balaban J connectivity index is 1.38. The van der Waals surface area contributed by atoms with Gasteiger partial charge in [-0.25, -0.2) is 0 Å². The van der Waals surface area contributed by atoms with E-state index in [0.717, 1.165) is 52.0 Å². The molecule has 2 fully saturated rings. The molecule has 1 atom stereocenters. The van der Waals surface area contributed by atoms with Gasteiger partial charge in [-0.1, -0.05) is 0 Å². The first-order chi connectivity index (χ1) is 11.3. The van der Waals surface area contributed by atoms with Crippen LogP contribution in [0.2, 0.25) is 0 Å². The molecule has 3 rings (SSSR count). The molecule has 6 nitrogen and oxygen atoms in total. The first kappa shape index (κ1) is 16.4. The molecule has 0 aromatic carbocycles. The van der Waals surface area contributed by atoms with Crippen molar-refractivity contribution in [3.63, 3.8) is 0 Å². The van der Waals surface area contributed by atoms with Gasteiger partial charge in [0.25, 0.3) is 5.91 Å². The molecule has 3 heterocycles. The van der Waals surface area contributed by atoms with Gasteiger partial charge in [0.2, 0.25) is 0 Å². The third-order valence-electron chi connectivity index (χ3n) is 4.66. The molecule has 23 heavy (non-hydrogen) atoms. The van der Waals surface area contributed by atoms with Crippen LogP contribution in [0.3, 0.4) is 0 Å². The van der Waals surface area contributed by atoms with Crippen LogP contribution in [-0.2, 0) is 9.47 Å². The fraction of sp³-hybridized carbons (Fsp3) is 0.647. The molecule has 2 aliphatic rings. The van der Waals surface area contributed by atoms with Crippen LogP contribution in [0.15, 0.2) is 24.5 Å². The molecule has 0 bridgehead atoms. The first-order valence-electron chi connectivity index (χ1n) is 8.41. The molecule has 0 unspecified atom stereocenters. The number of carbonyl (C=O) groups is 1. The van der Waals surface area contributed by atoms with Crippen molar-refractivity contribution in [3.05, 3.63) is 30.1 Å². The van der Waals surface area contributed by atoms with Gasteiger partial charge in [0, 0.05) is 51.3 Å². The van der Waals surface area contributed by atoms with Gasteiger partial charge >= 0.3 is 0 Å². The van der Waals surface area contributed by atoms with Crippen LogP contribution in [0.4, 0.5) is 0 Å². The van der Waals surface area contributed by atoms with Gasteiger partial charge in [0.15, 0.2) is 0 Å². The number of nitrogens with zero attached hydrogens (tertiary/aromatic N) is 1. The second-order valence-electron chi connectivity index (χ2n) is 6.29. The number of rotatable bonds is 5. The summed E-state index contributed by atoms with van der Waals surface area (Å²) in [6.45, 7) is 3.78. The maximum atomic E-state index is 11.9. The van der Waals surface area contributed by atoms with Crippen LogP contribution >= 0.6 is 0 Å². The van der Waals surface area contributed by atoms with Crippen LogP contribution in [0.5, 0.6) is 0 Å². The zero-order valence-corrected chi connectivity index (χ0v) is 13.4. The summed E-state index contributed by atoms with van der Waals surface area (Å²) in [5, 5.41) is 6.47. The number of amides is 1. The van der Waals surface area contributed by atoms with Crippen molar-refractivity contribution in [2.24, 2.45) is 0 Å². The zero-order valence-electron chi connectivity index (χ0n) is 13.4. The van der Waals surface area contributed by atoms with E-state index in [1.165, 1.54) is 0 Å². The molecule has 1 aromatic heterocycles. The molecule has 6 heteroatoms. The molecule has 1 aromatic rings. The van der Waals surface area contributed by atoms with Crippen molar-refractivity contribution >= 4 is 5.91 Å². The average molecular weight is 319 g/mol. The fourth-order valence-electron chi connectivity index (χ4n) is 3.35. The van der Waals surface area contributed by atoms with E-state index in [4.69, 9.17) is 9.47 Å². The number of carbonyl (C=O) groups excluding carboxylic acids is 1. The largest absolute Gasteiger partial charge is 0.381 e. The molecule has 1 spiro atoms. The minimum atomic E-state index is -0.0761. The number of nitrogens with one attached hydrogen (secondary N) is 2. The SMILES string of the molecule is O=C(NCCN[C@H]1CCOC2(CCOCC2)C1)c1cccnc1. The minimum absolute atomic E-state index is 0.00707. The summed E-state index contributed by atoms with van der Waals surface area (Å²) in [4.78, 5) is 15.9. The van der Waals surface area contributed by atoms with E-state index < -0.39 is 0 Å². The summed E-state index contributed by atoms with van der Waals surface area (Å²) >= 11 is 0. The van der Waals surface area contributed by atoms with E-state index in [1.807, 2.05) is 0 Å². The number of ether oxygens (including phenoxy) is 2. The third-order valence-corrected chi connectivity index (χ3v) is 4.66. The third kappa shape index (κ3) is 4.50. The maximum Gasteiger partial charge on any atom is 0.252 e. The number of pyridine rings is 1. The summed E-state index contributed by atoms with van der Waals surface area (Å²) in [7, 11) is 0. The molecular formula is C17H25N3O3. The molecule has 0 saturated carbocycles. The lowest BCUT2D eigenvalue weighted by atomic mass is 9.84. The molecule has 2 saturated heterocycles. The predicted octanol–water partition coefficient (Wildman–Crippen LogP) is 1.13. The lowest BCUT2D eigenvalue weighted by molar-refractivity contribution is -0.140. The standard InChI is InChI=1S/C17H25N3O3/c21-16(14-2-1-6-18-13-14)20-8-7-19-15-3-9-23-17(12-15)4-10-22-11-5-17/h1-2,6,13,15,19H,3-5,7-12H2,(H,20,21)/t15-/m0/s1. The highest BCUT2D eigenvalue weighted by atomic mass is 16.5. The van der Waals surface area contributed by atoms with Gasteiger partial charge in [-0.05, 0) is 37.8 Å². The van der Waals surface area contributed by atoms with Crippen molar-refractivity contribution in [1.29, 1.82) is 0 Å². The lowest BCUT2D eigenvalue weighted by Crippen LogP contribution is -2.50. The van der Waals surface area contributed by atoms with Gasteiger partial charge in [-0.3, -0.25) is 9.78 Å². The number of hydrogen-bond donors (Lipinski definition) is 2. The summed E-state index contributed by atoms with van der Waals surface area (Å²) in [6, 6.07) is 3.99. The average Bonchev–Trinajstić information content (AvgIpc) is 2.60. The monoisotopic (exact) mass is 319 g/mol. The highest BCUT2D eigenvalue weighted by Crippen LogP contribution is 2.34. The van der Waals surface area contributed by atoms with Crippen molar-refractivity contribution in [1.82, 2.24) is 15.6 Å². The van der Waals surface area contributed by atoms with Crippen LogP contribution < -0.4 is 10.6 Å². The van der Waals surface area contributed by atoms with Crippen LogP contribution in [0.25, 0.3) is 0 Å². The molecular weight excluding hydrogens is 294 g/mol. The Morgan fingerprint density at radius 2 is 2.17 bits per heavy atom. The summed E-state index contributed by atoms with van der Waals surface area (Å²) in [5.74, 6) is -0.0761. The van der Waals surface area contributed by atoms with Crippen LogP contribution in [-0.4, -0.2) is 55.4 Å². The normalized spacial score (nSPS) is 23.6. The van der Waals surface area contributed by atoms with Crippen LogP contribution in [0.1, 0.15) is 36.0 Å². The van der Waals surface area contributed by atoms with E-state index >= 15 is 0 Å². The highest BCUT2D eigenvalue weighted by Gasteiger charge is 2.38. The second-order valence-corrected chi connectivity index (χ2v) is 6.29. The smallest absolute Gasteiger partial charge is 0.252 e. The Kier molecular flexibility index (Phi) is 5.59. The fourth-order valence-corrected chi connectivity index (χ4v) is 3.35. The minimum Gasteiger partial charge on any atom is -0.381 e. The Morgan fingerprint density at radius 1 is 1.30 bits per heavy atom. The van der Waals surface area contributed by atoms with E-state index in [9.17, 15) is 4.79 Å². The molecule has 0 aliphatic carbocycles. The maximum absolute atomic E-state index is 11.9. The molecule has 2 aliphatic heterocycles. The first-order valence-corrected chi connectivity index (χ1v) is 8.41. The van der Waals surface area contributed by atoms with E-state index in [1.54, 1.807) is 24.5 Å². The van der Waals surface area contributed by atoms with Crippen molar-refractivity contribution < 1.29 is 14.3 Å². The number of hydrogen-bond acceptors (Lipinski definition) is 5. The van der Waals surface area contributed by atoms with Gasteiger partial charge in [0.1, 0.15) is 0 Å². The summed E-state index contributed by atoms with van der Waals surface area (Å²) < 4.78 is 11.5. The molecule has 126 valence electrons. The zero-order chi connectivity index (χ0) is 16.0. The Bertz CT molecular complexity index is 498. The Morgan fingerprint density at radius 3 is 2.96 bits per heavy atom. The van der Waals surface area contributed by atoms with Gasteiger partial charge in [-0.2, -0.15) is 0 Å². The molecule has 0 radical (unpaired) electrons. The lowest BCUT2D eigenvalue weighted by Gasteiger charge is -2.43. The topological polar surface area (TPSA) is 72.5 Å². The summed E-state index contributed by atoms with van der Waals surface area (Å²) in [6.07, 6.45) is 7.28. The quantitative estimate of drug-likeness (QED) is 0.796. The highest BCUT2D eigenvalue weighted by molar-refractivity contribution is 5.93. The summed E-state index contributed by atoms with van der Waals surface area (Å²) in [5.41, 5.74) is 0.604. The Hall–Kier alpha value is -1.50. The number of aromatic nitrogens is 1. The Labute approximate surface area is 137 Å². The molecule has 2 N–H and O–H groups in total. The van der Waals surface area contributed by atoms with Crippen molar-refractivity contribution in [2.45, 2.75) is 37.3 Å². The van der Waals surface area contributed by atoms with Crippen molar-refractivity contribution in [2.75, 3.05) is 32.9 Å². The van der Waals surface area contributed by atoms with E-state index in [-0.39, 0.29) is 11.5 Å². The second kappa shape index (κ2) is 7.86. The van der Waals surface area contributed by atoms with Crippen LogP contribution in [0, 0.1) is 0 Å².